The first-order valence-electron chi connectivity index (χ1n) is 10.9. The number of hydrogen-bond donors (Lipinski definition) is 0. The molecule has 2 atom stereocenters. The molecular formula is C25H23N3S. The van der Waals surface area contributed by atoms with E-state index in [0.29, 0.717) is 11.8 Å². The van der Waals surface area contributed by atoms with Gasteiger partial charge in [-0.25, -0.2) is 9.97 Å². The summed E-state index contributed by atoms with van der Waals surface area (Å²) >= 11 is 1.84. The molecule has 1 aliphatic heterocycles. The molecule has 3 nitrogen and oxygen atoms in total. The molecule has 2 unspecified atom stereocenters. The van der Waals surface area contributed by atoms with Gasteiger partial charge in [-0.05, 0) is 79.7 Å². The minimum atomic E-state index is 0.632. The lowest BCUT2D eigenvalue weighted by Crippen LogP contribution is -2.25. The average Bonchev–Trinajstić information content (AvgIpc) is 2.92. The lowest BCUT2D eigenvalue weighted by Gasteiger charge is -2.38. The minimum Gasteiger partial charge on any atom is -0.277 e. The summed E-state index contributed by atoms with van der Waals surface area (Å²) in [6, 6.07) is 17.3. The fourth-order valence-corrected chi connectivity index (χ4v) is 7.45. The Kier molecular flexibility index (Phi) is 3.45. The number of para-hydroxylation sites is 2. The summed E-state index contributed by atoms with van der Waals surface area (Å²) in [5.41, 5.74) is 5.19. The normalized spacial score (nSPS) is 28.5. The van der Waals surface area contributed by atoms with E-state index >= 15 is 0 Å². The molecule has 144 valence electrons. The molecule has 2 heterocycles. The van der Waals surface area contributed by atoms with Crippen LogP contribution in [0, 0.1) is 11.8 Å². The Morgan fingerprint density at radius 1 is 0.759 bits per heavy atom. The van der Waals surface area contributed by atoms with Crippen molar-refractivity contribution in [3.63, 3.8) is 0 Å². The maximum Gasteiger partial charge on any atom is 0.234 e. The molecule has 8 rings (SSSR count). The van der Waals surface area contributed by atoms with Crippen molar-refractivity contribution in [2.24, 2.45) is 11.8 Å². The molecule has 4 aliphatic carbocycles. The number of nitrogens with zero attached hydrogens (tertiary/aromatic N) is 3. The van der Waals surface area contributed by atoms with Crippen LogP contribution >= 0.6 is 11.8 Å². The second kappa shape index (κ2) is 6.09. The summed E-state index contributed by atoms with van der Waals surface area (Å²) in [5, 5.41) is 0. The van der Waals surface area contributed by atoms with Gasteiger partial charge in [-0.1, -0.05) is 36.0 Å². The highest BCUT2D eigenvalue weighted by Crippen LogP contribution is 2.56. The fourth-order valence-electron chi connectivity index (χ4n) is 6.39. The summed E-state index contributed by atoms with van der Waals surface area (Å²) in [7, 11) is 0. The molecule has 0 amide bonds. The third-order valence-corrected chi connectivity index (χ3v) is 8.56. The Labute approximate surface area is 175 Å². The Bertz CT molecular complexity index is 1070. The summed E-state index contributed by atoms with van der Waals surface area (Å²) in [6.07, 6.45) is 9.01. The first kappa shape index (κ1) is 16.5. The van der Waals surface area contributed by atoms with Crippen LogP contribution in [0.1, 0.15) is 55.2 Å². The second-order valence-corrected chi connectivity index (χ2v) is 10.3. The van der Waals surface area contributed by atoms with Gasteiger partial charge in [-0.15, -0.1) is 0 Å². The number of rotatable bonds is 1. The zero-order valence-corrected chi connectivity index (χ0v) is 17.1. The SMILES string of the molecule is c1ccc2c(c1)Sc1ccccc1N2c1ncc2c(n1)C1CC3CC(CC2C3)C1. The molecule has 1 aromatic heterocycles. The van der Waals surface area contributed by atoms with Crippen LogP contribution in [-0.2, 0) is 0 Å². The zero-order valence-electron chi connectivity index (χ0n) is 16.3. The predicted octanol–water partition coefficient (Wildman–Crippen LogP) is 6.80. The number of anilines is 3. The number of hydrogen-bond acceptors (Lipinski definition) is 4. The minimum absolute atomic E-state index is 0.632. The molecule has 3 aromatic rings. The van der Waals surface area contributed by atoms with Gasteiger partial charge in [0.25, 0.3) is 0 Å². The van der Waals surface area contributed by atoms with E-state index in [2.05, 4.69) is 59.6 Å². The van der Waals surface area contributed by atoms with E-state index in [-0.39, 0.29) is 0 Å². The van der Waals surface area contributed by atoms with Crippen molar-refractivity contribution in [3.8, 4) is 0 Å². The van der Waals surface area contributed by atoms with E-state index in [1.54, 1.807) is 0 Å². The van der Waals surface area contributed by atoms with Gasteiger partial charge < -0.3 is 0 Å². The van der Waals surface area contributed by atoms with Crippen molar-refractivity contribution in [1.29, 1.82) is 0 Å². The molecule has 0 saturated heterocycles. The van der Waals surface area contributed by atoms with Gasteiger partial charge in [0, 0.05) is 21.9 Å². The highest BCUT2D eigenvalue weighted by atomic mass is 32.2. The maximum atomic E-state index is 5.30. The first-order valence-corrected chi connectivity index (χ1v) is 11.7. The Morgan fingerprint density at radius 2 is 1.38 bits per heavy atom. The van der Waals surface area contributed by atoms with E-state index < -0.39 is 0 Å². The quantitative estimate of drug-likeness (QED) is 0.353. The van der Waals surface area contributed by atoms with E-state index in [1.165, 1.54) is 64.5 Å². The lowest BCUT2D eigenvalue weighted by atomic mass is 9.67. The summed E-state index contributed by atoms with van der Waals surface area (Å²) < 4.78 is 0. The van der Waals surface area contributed by atoms with Crippen LogP contribution in [-0.4, -0.2) is 9.97 Å². The molecule has 5 aliphatic rings. The number of benzene rings is 2. The van der Waals surface area contributed by atoms with Gasteiger partial charge >= 0.3 is 0 Å². The smallest absolute Gasteiger partial charge is 0.234 e. The van der Waals surface area contributed by atoms with Gasteiger partial charge in [-0.3, -0.25) is 4.90 Å². The highest BCUT2D eigenvalue weighted by Gasteiger charge is 2.43. The van der Waals surface area contributed by atoms with Crippen molar-refractivity contribution in [3.05, 3.63) is 66.0 Å². The van der Waals surface area contributed by atoms with E-state index in [1.807, 2.05) is 11.8 Å². The summed E-state index contributed by atoms with van der Waals surface area (Å²) in [5.74, 6) is 3.97. The van der Waals surface area contributed by atoms with Crippen LogP contribution in [0.3, 0.4) is 0 Å². The third-order valence-electron chi connectivity index (χ3n) is 7.43. The zero-order chi connectivity index (χ0) is 18.9. The molecule has 2 saturated carbocycles. The van der Waals surface area contributed by atoms with Gasteiger partial charge in [0.15, 0.2) is 0 Å². The van der Waals surface area contributed by atoms with Crippen LogP contribution in [0.25, 0.3) is 0 Å². The molecule has 0 N–H and O–H groups in total. The summed E-state index contributed by atoms with van der Waals surface area (Å²) in [4.78, 5) is 15.1. The molecule has 4 bridgehead atoms. The van der Waals surface area contributed by atoms with E-state index in [9.17, 15) is 0 Å². The molecule has 2 aromatic carbocycles. The molecule has 29 heavy (non-hydrogen) atoms. The monoisotopic (exact) mass is 397 g/mol. The lowest BCUT2D eigenvalue weighted by molar-refractivity contribution is 0.165. The van der Waals surface area contributed by atoms with E-state index in [4.69, 9.17) is 9.97 Å². The van der Waals surface area contributed by atoms with Crippen molar-refractivity contribution in [2.45, 2.75) is 53.7 Å². The molecule has 2 fully saturated rings. The van der Waals surface area contributed by atoms with Crippen LogP contribution in [0.5, 0.6) is 0 Å². The van der Waals surface area contributed by atoms with Crippen molar-refractivity contribution in [2.75, 3.05) is 4.90 Å². The van der Waals surface area contributed by atoms with Crippen molar-refractivity contribution < 1.29 is 0 Å². The Balaban J connectivity index is 1.41. The van der Waals surface area contributed by atoms with Crippen LogP contribution in [0.2, 0.25) is 0 Å². The fraction of sp³-hybridized carbons (Fsp3) is 0.360. The second-order valence-electron chi connectivity index (χ2n) is 9.19. The first-order chi connectivity index (χ1) is 14.3. The summed E-state index contributed by atoms with van der Waals surface area (Å²) in [6.45, 7) is 0. The van der Waals surface area contributed by atoms with E-state index in [0.717, 1.165) is 17.8 Å². The maximum absolute atomic E-state index is 5.30. The molecular weight excluding hydrogens is 374 g/mol. The van der Waals surface area contributed by atoms with Crippen LogP contribution in [0.15, 0.2) is 64.5 Å². The van der Waals surface area contributed by atoms with Gasteiger partial charge in [-0.2, -0.15) is 0 Å². The topological polar surface area (TPSA) is 29.0 Å². The molecule has 0 spiro atoms. The standard InChI is InChI=1S/C25H23N3S/c1-3-7-22-20(5-1)28(21-6-2-4-8-23(21)29-22)25-26-14-19-17-10-15-9-16(11-17)13-18(12-15)24(19)27-25/h1-8,14-18H,9-13H2. The highest BCUT2D eigenvalue weighted by molar-refractivity contribution is 7.99. The number of fused-ring (bicyclic) bond motifs is 2. The van der Waals surface area contributed by atoms with Gasteiger partial charge in [0.1, 0.15) is 0 Å². The number of aromatic nitrogens is 2. The average molecular weight is 398 g/mol. The van der Waals surface area contributed by atoms with Crippen LogP contribution < -0.4 is 4.90 Å². The molecule has 4 heteroatoms. The van der Waals surface area contributed by atoms with Crippen molar-refractivity contribution >= 4 is 29.1 Å². The van der Waals surface area contributed by atoms with Gasteiger partial charge in [0.2, 0.25) is 5.95 Å². The van der Waals surface area contributed by atoms with Crippen LogP contribution in [0.4, 0.5) is 17.3 Å². The third kappa shape index (κ3) is 2.45. The molecule has 0 radical (unpaired) electrons. The van der Waals surface area contributed by atoms with Crippen molar-refractivity contribution in [1.82, 2.24) is 9.97 Å². The Morgan fingerprint density at radius 3 is 2.07 bits per heavy atom. The van der Waals surface area contributed by atoms with Gasteiger partial charge in [0.05, 0.1) is 17.1 Å². The predicted molar refractivity (Wildman–Crippen MR) is 116 cm³/mol. The largest absolute Gasteiger partial charge is 0.277 e. The Hall–Kier alpha value is -2.33.